The number of hydrogen-bond donors (Lipinski definition) is 3. The Labute approximate surface area is 144 Å². The highest BCUT2D eigenvalue weighted by Gasteiger charge is 2.18. The minimum absolute atomic E-state index is 0.0147. The lowest BCUT2D eigenvalue weighted by Crippen LogP contribution is -2.39. The number of halogens is 2. The Hall–Kier alpha value is -2.60. The van der Waals surface area contributed by atoms with E-state index in [1.165, 1.54) is 18.2 Å². The Morgan fingerprint density at radius 2 is 1.79 bits per heavy atom. The molecule has 0 aromatic heterocycles. The number of urea groups is 1. The van der Waals surface area contributed by atoms with Crippen molar-refractivity contribution < 1.29 is 14.0 Å². The number of carbonyl (C=O) groups excluding carboxylic acids is 2. The zero-order valence-corrected chi connectivity index (χ0v) is 13.5. The zero-order chi connectivity index (χ0) is 17.5. The summed E-state index contributed by atoms with van der Waals surface area (Å²) in [5, 5.41) is 5.42. The quantitative estimate of drug-likeness (QED) is 0.749. The van der Waals surface area contributed by atoms with Crippen LogP contribution in [-0.4, -0.2) is 18.5 Å². The average Bonchev–Trinajstić information content (AvgIpc) is 2.55. The summed E-state index contributed by atoms with van der Waals surface area (Å²) >= 11 is 6.07. The smallest absolute Gasteiger partial charge is 0.319 e. The van der Waals surface area contributed by atoms with Crippen LogP contribution in [0.1, 0.15) is 5.56 Å². The predicted molar refractivity (Wildman–Crippen MR) is 91.3 cm³/mol. The van der Waals surface area contributed by atoms with Gasteiger partial charge in [-0.1, -0.05) is 41.9 Å². The van der Waals surface area contributed by atoms with Crippen LogP contribution in [0, 0.1) is 11.7 Å². The monoisotopic (exact) mass is 349 g/mol. The maximum atomic E-state index is 13.5. The molecule has 2 aromatic carbocycles. The van der Waals surface area contributed by atoms with Crippen molar-refractivity contribution in [3.63, 3.8) is 0 Å². The number of nitrogens with two attached hydrogens (primary N) is 1. The molecule has 5 nitrogen and oxygen atoms in total. The van der Waals surface area contributed by atoms with E-state index < -0.39 is 23.7 Å². The molecule has 0 radical (unpaired) electrons. The molecule has 0 fully saturated rings. The minimum atomic E-state index is -0.628. The fourth-order valence-corrected chi connectivity index (χ4v) is 2.36. The molecule has 24 heavy (non-hydrogen) atoms. The number of primary amides is 1. The SMILES string of the molecule is NC(=O)[C@@H](CNC(=O)Nc1ccccc1F)Cc1ccccc1Cl. The summed E-state index contributed by atoms with van der Waals surface area (Å²) in [5.41, 5.74) is 6.20. The minimum Gasteiger partial charge on any atom is -0.369 e. The summed E-state index contributed by atoms with van der Waals surface area (Å²) in [6.07, 6.45) is 0.301. The molecule has 0 aliphatic rings. The third kappa shape index (κ3) is 4.96. The number of anilines is 1. The number of para-hydroxylation sites is 1. The Balaban J connectivity index is 1.94. The second-order valence-corrected chi connectivity index (χ2v) is 5.62. The molecule has 2 aromatic rings. The Morgan fingerprint density at radius 3 is 2.46 bits per heavy atom. The molecule has 0 aliphatic heterocycles. The van der Waals surface area contributed by atoms with Gasteiger partial charge in [0.2, 0.25) is 5.91 Å². The van der Waals surface area contributed by atoms with Crippen molar-refractivity contribution >= 4 is 29.2 Å². The highest BCUT2D eigenvalue weighted by Crippen LogP contribution is 2.18. The van der Waals surface area contributed by atoms with Crippen molar-refractivity contribution in [2.45, 2.75) is 6.42 Å². The Bertz CT molecular complexity index is 739. The lowest BCUT2D eigenvalue weighted by Gasteiger charge is -2.16. The molecule has 2 rings (SSSR count). The van der Waals surface area contributed by atoms with Crippen molar-refractivity contribution in [2.24, 2.45) is 11.7 Å². The number of rotatable bonds is 6. The van der Waals surface area contributed by atoms with E-state index in [9.17, 15) is 14.0 Å². The molecule has 7 heteroatoms. The molecule has 4 N–H and O–H groups in total. The maximum absolute atomic E-state index is 13.5. The van der Waals surface area contributed by atoms with Gasteiger partial charge in [0.05, 0.1) is 11.6 Å². The van der Waals surface area contributed by atoms with Gasteiger partial charge in [-0.05, 0) is 30.2 Å². The summed E-state index contributed by atoms with van der Waals surface area (Å²) in [6, 6.07) is 12.3. The maximum Gasteiger partial charge on any atom is 0.319 e. The first kappa shape index (κ1) is 17.7. The highest BCUT2D eigenvalue weighted by atomic mass is 35.5. The van der Waals surface area contributed by atoms with Gasteiger partial charge in [-0.15, -0.1) is 0 Å². The summed E-state index contributed by atoms with van der Waals surface area (Å²) in [7, 11) is 0. The number of nitrogens with one attached hydrogen (secondary N) is 2. The highest BCUT2D eigenvalue weighted by molar-refractivity contribution is 6.31. The van der Waals surface area contributed by atoms with E-state index in [0.29, 0.717) is 11.4 Å². The first-order valence-electron chi connectivity index (χ1n) is 7.29. The van der Waals surface area contributed by atoms with Gasteiger partial charge in [0, 0.05) is 11.6 Å². The van der Waals surface area contributed by atoms with E-state index in [0.717, 1.165) is 5.56 Å². The number of hydrogen-bond acceptors (Lipinski definition) is 2. The fourth-order valence-electron chi connectivity index (χ4n) is 2.15. The van der Waals surface area contributed by atoms with Gasteiger partial charge in [-0.3, -0.25) is 4.79 Å². The van der Waals surface area contributed by atoms with Gasteiger partial charge >= 0.3 is 6.03 Å². The van der Waals surface area contributed by atoms with Crippen molar-refractivity contribution in [1.29, 1.82) is 0 Å². The van der Waals surface area contributed by atoms with Gasteiger partial charge in [-0.2, -0.15) is 0 Å². The van der Waals surface area contributed by atoms with Gasteiger partial charge in [0.1, 0.15) is 5.82 Å². The van der Waals surface area contributed by atoms with E-state index in [1.54, 1.807) is 30.3 Å². The molecule has 3 amide bonds. The van der Waals surface area contributed by atoms with E-state index in [2.05, 4.69) is 10.6 Å². The molecule has 1 atom stereocenters. The second-order valence-electron chi connectivity index (χ2n) is 5.21. The summed E-state index contributed by atoms with van der Waals surface area (Å²) < 4.78 is 13.5. The lowest BCUT2D eigenvalue weighted by atomic mass is 9.98. The van der Waals surface area contributed by atoms with Crippen LogP contribution in [0.2, 0.25) is 5.02 Å². The van der Waals surface area contributed by atoms with Crippen LogP contribution >= 0.6 is 11.6 Å². The Kier molecular flexibility index (Phi) is 6.14. The molecule has 126 valence electrons. The average molecular weight is 350 g/mol. The molecule has 0 saturated heterocycles. The van der Waals surface area contributed by atoms with Gasteiger partial charge in [0.25, 0.3) is 0 Å². The van der Waals surface area contributed by atoms with Crippen LogP contribution in [0.25, 0.3) is 0 Å². The first-order valence-corrected chi connectivity index (χ1v) is 7.67. The van der Waals surface area contributed by atoms with E-state index in [1.807, 2.05) is 0 Å². The van der Waals surface area contributed by atoms with E-state index in [-0.39, 0.29) is 12.2 Å². The van der Waals surface area contributed by atoms with E-state index in [4.69, 9.17) is 17.3 Å². The molecular weight excluding hydrogens is 333 g/mol. The fraction of sp³-hybridized carbons (Fsp3) is 0.176. The molecule has 0 spiro atoms. The van der Waals surface area contributed by atoms with Crippen LogP contribution in [0.15, 0.2) is 48.5 Å². The summed E-state index contributed by atoms with van der Waals surface area (Å²) in [6.45, 7) is 0.0147. The van der Waals surface area contributed by atoms with Crippen LogP contribution in [0.5, 0.6) is 0 Å². The Morgan fingerprint density at radius 1 is 1.12 bits per heavy atom. The number of benzene rings is 2. The van der Waals surface area contributed by atoms with Crippen molar-refractivity contribution in [3.8, 4) is 0 Å². The van der Waals surface area contributed by atoms with Gasteiger partial charge in [0.15, 0.2) is 0 Å². The topological polar surface area (TPSA) is 84.2 Å². The van der Waals surface area contributed by atoms with Crippen LogP contribution in [0.3, 0.4) is 0 Å². The van der Waals surface area contributed by atoms with Gasteiger partial charge in [-0.25, -0.2) is 9.18 Å². The van der Waals surface area contributed by atoms with Gasteiger partial charge < -0.3 is 16.4 Å². The van der Waals surface area contributed by atoms with Crippen LogP contribution < -0.4 is 16.4 Å². The molecular formula is C17H17ClFN3O2. The molecule has 0 heterocycles. The third-order valence-corrected chi connectivity index (χ3v) is 3.83. The molecule has 0 saturated carbocycles. The first-order chi connectivity index (χ1) is 11.5. The summed E-state index contributed by atoms with van der Waals surface area (Å²) in [5.74, 6) is -1.73. The molecule has 0 aliphatic carbocycles. The van der Waals surface area contributed by atoms with Crippen LogP contribution in [-0.2, 0) is 11.2 Å². The van der Waals surface area contributed by atoms with Crippen molar-refractivity contribution in [1.82, 2.24) is 5.32 Å². The number of amides is 3. The van der Waals surface area contributed by atoms with Crippen molar-refractivity contribution in [3.05, 3.63) is 64.9 Å². The molecule has 0 bridgehead atoms. The number of carbonyl (C=O) groups is 2. The molecule has 0 unspecified atom stereocenters. The zero-order valence-electron chi connectivity index (χ0n) is 12.8. The summed E-state index contributed by atoms with van der Waals surface area (Å²) in [4.78, 5) is 23.4. The largest absolute Gasteiger partial charge is 0.369 e. The van der Waals surface area contributed by atoms with Crippen molar-refractivity contribution in [2.75, 3.05) is 11.9 Å². The third-order valence-electron chi connectivity index (χ3n) is 3.46. The lowest BCUT2D eigenvalue weighted by molar-refractivity contribution is -0.121. The predicted octanol–water partition coefficient (Wildman–Crippen LogP) is 2.94. The van der Waals surface area contributed by atoms with Crippen LogP contribution in [0.4, 0.5) is 14.9 Å². The standard InChI is InChI=1S/C17H17ClFN3O2/c18-13-6-2-1-5-11(13)9-12(16(20)23)10-21-17(24)22-15-8-4-3-7-14(15)19/h1-8,12H,9-10H2,(H2,20,23)(H2,21,22,24)/t12-/m1/s1. The normalized spacial score (nSPS) is 11.6. The van der Waals surface area contributed by atoms with E-state index >= 15 is 0 Å². The second kappa shape index (κ2) is 8.31.